The molecule has 2 atom stereocenters. The molecule has 0 bridgehead atoms. The summed E-state index contributed by atoms with van der Waals surface area (Å²) in [6.45, 7) is 5.66. The van der Waals surface area contributed by atoms with Gasteiger partial charge < -0.3 is 9.47 Å². The minimum Gasteiger partial charge on any atom is -0.373 e. The molecule has 2 aromatic rings. The van der Waals surface area contributed by atoms with Gasteiger partial charge in [0.2, 0.25) is 0 Å². The van der Waals surface area contributed by atoms with Crippen LogP contribution in [0.5, 0.6) is 0 Å². The van der Waals surface area contributed by atoms with Crippen LogP contribution in [-0.2, 0) is 15.9 Å². The molecule has 1 aliphatic rings. The van der Waals surface area contributed by atoms with Crippen LogP contribution in [0.1, 0.15) is 37.5 Å². The van der Waals surface area contributed by atoms with Crippen molar-refractivity contribution in [3.63, 3.8) is 0 Å². The van der Waals surface area contributed by atoms with Crippen LogP contribution < -0.4 is 0 Å². The van der Waals surface area contributed by atoms with Crippen molar-refractivity contribution in [1.29, 1.82) is 0 Å². The van der Waals surface area contributed by atoms with Crippen LogP contribution in [0.4, 0.5) is 0 Å². The number of hydrogen-bond donors (Lipinski definition) is 0. The Morgan fingerprint density at radius 2 is 1.45 bits per heavy atom. The van der Waals surface area contributed by atoms with E-state index in [4.69, 9.17) is 9.47 Å². The van der Waals surface area contributed by atoms with Gasteiger partial charge in [-0.1, -0.05) is 62.4 Å². The molecule has 0 radical (unpaired) electrons. The van der Waals surface area contributed by atoms with E-state index in [1.165, 1.54) is 22.3 Å². The third-order valence-electron chi connectivity index (χ3n) is 4.40. The maximum absolute atomic E-state index is 5.92. The molecule has 0 spiro atoms. The van der Waals surface area contributed by atoms with Crippen molar-refractivity contribution in [3.8, 4) is 11.1 Å². The fourth-order valence-electron chi connectivity index (χ4n) is 2.79. The van der Waals surface area contributed by atoms with Gasteiger partial charge in [0.1, 0.15) is 6.10 Å². The monoisotopic (exact) mass is 296 g/mol. The molecule has 0 N–H and O–H groups in total. The highest BCUT2D eigenvalue weighted by Gasteiger charge is 2.22. The molecular weight excluding hydrogens is 272 g/mol. The highest BCUT2D eigenvalue weighted by atomic mass is 16.6. The van der Waals surface area contributed by atoms with Crippen LogP contribution in [0.25, 0.3) is 11.1 Å². The van der Waals surface area contributed by atoms with Crippen molar-refractivity contribution in [3.05, 3.63) is 59.7 Å². The van der Waals surface area contributed by atoms with Gasteiger partial charge in [-0.25, -0.2) is 0 Å². The third kappa shape index (κ3) is 3.40. The predicted molar refractivity (Wildman–Crippen MR) is 90.0 cm³/mol. The Morgan fingerprint density at radius 1 is 0.818 bits per heavy atom. The summed E-state index contributed by atoms with van der Waals surface area (Å²) in [6, 6.07) is 17.4. The third-order valence-corrected chi connectivity index (χ3v) is 4.40. The van der Waals surface area contributed by atoms with Gasteiger partial charge >= 0.3 is 0 Å². The van der Waals surface area contributed by atoms with E-state index < -0.39 is 0 Å². The van der Waals surface area contributed by atoms with Crippen LogP contribution in [0, 0.1) is 0 Å². The molecule has 116 valence electrons. The first-order chi connectivity index (χ1) is 10.8. The Labute approximate surface area is 133 Å². The van der Waals surface area contributed by atoms with Gasteiger partial charge in [-0.3, -0.25) is 0 Å². The fourth-order valence-corrected chi connectivity index (χ4v) is 2.79. The van der Waals surface area contributed by atoms with Gasteiger partial charge in [0.25, 0.3) is 0 Å². The van der Waals surface area contributed by atoms with Crippen LogP contribution in [-0.4, -0.2) is 19.3 Å². The van der Waals surface area contributed by atoms with Crippen molar-refractivity contribution < 1.29 is 9.47 Å². The molecule has 1 heterocycles. The first-order valence-corrected chi connectivity index (χ1v) is 8.22. The normalized spacial score (nSPS) is 21.7. The quantitative estimate of drug-likeness (QED) is 0.808. The molecule has 1 saturated heterocycles. The van der Waals surface area contributed by atoms with Crippen molar-refractivity contribution in [2.75, 3.05) is 13.2 Å². The predicted octanol–water partition coefficient (Wildman–Crippen LogP) is 4.78. The Morgan fingerprint density at radius 3 is 1.95 bits per heavy atom. The first-order valence-electron chi connectivity index (χ1n) is 8.22. The molecule has 22 heavy (non-hydrogen) atoms. The molecule has 1 aliphatic heterocycles. The number of ether oxygens (including phenoxy) is 2. The number of hydrogen-bond acceptors (Lipinski definition) is 2. The van der Waals surface area contributed by atoms with Gasteiger partial charge in [-0.2, -0.15) is 0 Å². The minimum absolute atomic E-state index is 0.0688. The van der Waals surface area contributed by atoms with Crippen molar-refractivity contribution in [1.82, 2.24) is 0 Å². The van der Waals surface area contributed by atoms with Crippen LogP contribution in [0.3, 0.4) is 0 Å². The summed E-state index contributed by atoms with van der Waals surface area (Å²) in [4.78, 5) is 0. The molecule has 0 aromatic heterocycles. The summed E-state index contributed by atoms with van der Waals surface area (Å²) in [5.41, 5.74) is 5.08. The van der Waals surface area contributed by atoms with E-state index in [2.05, 4.69) is 62.4 Å². The molecular formula is C20H24O2. The lowest BCUT2D eigenvalue weighted by Crippen LogP contribution is -2.30. The van der Waals surface area contributed by atoms with Crippen LogP contribution in [0.15, 0.2) is 48.5 Å². The first kappa shape index (κ1) is 15.3. The topological polar surface area (TPSA) is 18.5 Å². The Balaban J connectivity index is 1.69. The molecule has 2 heteroatoms. The largest absolute Gasteiger partial charge is 0.373 e. The van der Waals surface area contributed by atoms with Crippen LogP contribution >= 0.6 is 0 Å². The van der Waals surface area contributed by atoms with Gasteiger partial charge in [-0.15, -0.1) is 0 Å². The van der Waals surface area contributed by atoms with Gasteiger partial charge in [0.15, 0.2) is 0 Å². The summed E-state index contributed by atoms with van der Waals surface area (Å²) in [5.74, 6) is 0. The molecule has 3 rings (SSSR count). The molecule has 0 unspecified atom stereocenters. The van der Waals surface area contributed by atoms with E-state index in [-0.39, 0.29) is 12.2 Å². The average molecular weight is 296 g/mol. The van der Waals surface area contributed by atoms with E-state index in [0.29, 0.717) is 13.2 Å². The fraction of sp³-hybridized carbons (Fsp3) is 0.400. The van der Waals surface area contributed by atoms with E-state index in [9.17, 15) is 0 Å². The van der Waals surface area contributed by atoms with Gasteiger partial charge in [-0.05, 0) is 35.1 Å². The second kappa shape index (κ2) is 7.08. The standard InChI is InChI=1S/C20H24O2/c1-3-15-5-7-16(8-6-15)17-9-11-18(12-10-17)20-14-21-19(4-2)13-22-20/h5-12,19-20H,3-4,13-14H2,1-2H3/t19-,20-/m0/s1. The summed E-state index contributed by atoms with van der Waals surface area (Å²) in [7, 11) is 0. The van der Waals surface area contributed by atoms with Gasteiger partial charge in [0, 0.05) is 0 Å². The molecule has 0 saturated carbocycles. The van der Waals surface area contributed by atoms with Crippen molar-refractivity contribution in [2.45, 2.75) is 38.9 Å². The Hall–Kier alpha value is -1.64. The smallest absolute Gasteiger partial charge is 0.106 e. The Bertz CT molecular complexity index is 578. The van der Waals surface area contributed by atoms with Gasteiger partial charge in [0.05, 0.1) is 19.3 Å². The highest BCUT2D eigenvalue weighted by Crippen LogP contribution is 2.27. The maximum Gasteiger partial charge on any atom is 0.106 e. The van der Waals surface area contributed by atoms with Crippen molar-refractivity contribution >= 4 is 0 Å². The van der Waals surface area contributed by atoms with E-state index >= 15 is 0 Å². The number of aryl methyl sites for hydroxylation is 1. The zero-order valence-corrected chi connectivity index (χ0v) is 13.4. The summed E-state index contributed by atoms with van der Waals surface area (Å²) < 4.78 is 11.7. The lowest BCUT2D eigenvalue weighted by molar-refractivity contribution is -0.135. The van der Waals surface area contributed by atoms with E-state index in [0.717, 1.165) is 12.8 Å². The SMILES string of the molecule is CCc1ccc(-c2ccc([C@@H]3CO[C@@H](CC)CO3)cc2)cc1. The number of rotatable bonds is 4. The second-order valence-electron chi connectivity index (χ2n) is 5.86. The second-order valence-corrected chi connectivity index (χ2v) is 5.86. The average Bonchev–Trinajstić information content (AvgIpc) is 2.62. The summed E-state index contributed by atoms with van der Waals surface area (Å²) >= 11 is 0. The zero-order valence-electron chi connectivity index (χ0n) is 13.4. The van der Waals surface area contributed by atoms with E-state index in [1.54, 1.807) is 0 Å². The lowest BCUT2D eigenvalue weighted by atomic mass is 10.00. The molecule has 1 fully saturated rings. The minimum atomic E-state index is 0.0688. The zero-order chi connectivity index (χ0) is 15.4. The summed E-state index contributed by atoms with van der Waals surface area (Å²) in [5, 5.41) is 0. The lowest BCUT2D eigenvalue weighted by Gasteiger charge is -2.29. The molecule has 0 aliphatic carbocycles. The Kier molecular flexibility index (Phi) is 4.91. The number of benzene rings is 2. The molecule has 2 aromatic carbocycles. The van der Waals surface area contributed by atoms with E-state index in [1.807, 2.05) is 0 Å². The molecule has 2 nitrogen and oxygen atoms in total. The summed E-state index contributed by atoms with van der Waals surface area (Å²) in [6.07, 6.45) is 2.42. The maximum atomic E-state index is 5.92. The molecule has 0 amide bonds. The van der Waals surface area contributed by atoms with Crippen molar-refractivity contribution in [2.24, 2.45) is 0 Å². The highest BCUT2D eigenvalue weighted by molar-refractivity contribution is 5.64. The van der Waals surface area contributed by atoms with Crippen LogP contribution in [0.2, 0.25) is 0 Å².